The van der Waals surface area contributed by atoms with E-state index in [1.807, 2.05) is 32.0 Å². The van der Waals surface area contributed by atoms with Crippen LogP contribution in [0.3, 0.4) is 0 Å². The molecule has 0 aliphatic heterocycles. The van der Waals surface area contributed by atoms with Crippen molar-refractivity contribution in [3.63, 3.8) is 0 Å². The molecule has 0 saturated carbocycles. The maximum Gasteiger partial charge on any atom is 0.341 e. The van der Waals surface area contributed by atoms with Gasteiger partial charge < -0.3 is 14.4 Å². The van der Waals surface area contributed by atoms with Gasteiger partial charge >= 0.3 is 5.97 Å². The molecule has 2 aromatic rings. The van der Waals surface area contributed by atoms with Crippen molar-refractivity contribution in [1.29, 1.82) is 0 Å². The van der Waals surface area contributed by atoms with E-state index in [1.54, 1.807) is 7.05 Å². The van der Waals surface area contributed by atoms with Crippen LogP contribution in [0.2, 0.25) is 0 Å². The van der Waals surface area contributed by atoms with E-state index >= 15 is 0 Å². The minimum atomic E-state index is -0.890. The number of hydrogen-bond donors (Lipinski definition) is 0. The summed E-state index contributed by atoms with van der Waals surface area (Å²) < 4.78 is 23.7. The molecule has 6 heteroatoms. The number of rotatable bonds is 6. The molecular weight excluding hydrogens is 337 g/mol. The molecule has 5 nitrogen and oxygen atoms in total. The Labute approximate surface area is 152 Å². The molecule has 2 aromatic carbocycles. The summed E-state index contributed by atoms with van der Waals surface area (Å²) >= 11 is 0. The van der Waals surface area contributed by atoms with Crippen LogP contribution in [0.15, 0.2) is 36.4 Å². The number of esters is 1. The summed E-state index contributed by atoms with van der Waals surface area (Å²) in [7, 11) is 3.03. The molecule has 0 atom stereocenters. The average Bonchev–Trinajstić information content (AvgIpc) is 2.61. The van der Waals surface area contributed by atoms with Gasteiger partial charge in [0.15, 0.2) is 6.61 Å². The van der Waals surface area contributed by atoms with Crippen LogP contribution in [0.1, 0.15) is 27.0 Å². The first-order valence-electron chi connectivity index (χ1n) is 8.12. The summed E-state index contributed by atoms with van der Waals surface area (Å²) in [5, 5.41) is 0. The third kappa shape index (κ3) is 4.81. The Balaban J connectivity index is 1.93. The van der Waals surface area contributed by atoms with Gasteiger partial charge in [-0.05, 0) is 37.1 Å². The number of carbonyl (C=O) groups excluding carboxylic acids is 2. The molecule has 0 heterocycles. The van der Waals surface area contributed by atoms with Crippen molar-refractivity contribution >= 4 is 11.9 Å². The molecule has 2 rings (SSSR count). The van der Waals surface area contributed by atoms with Crippen molar-refractivity contribution < 1.29 is 23.5 Å². The first-order valence-corrected chi connectivity index (χ1v) is 8.12. The van der Waals surface area contributed by atoms with Gasteiger partial charge in [-0.3, -0.25) is 4.79 Å². The van der Waals surface area contributed by atoms with Gasteiger partial charge in [0.2, 0.25) is 0 Å². The summed E-state index contributed by atoms with van der Waals surface area (Å²) in [6.07, 6.45) is 0. The monoisotopic (exact) mass is 359 g/mol. The molecule has 0 aliphatic rings. The van der Waals surface area contributed by atoms with Gasteiger partial charge in [0.05, 0.1) is 12.7 Å². The normalized spacial score (nSPS) is 10.3. The second-order valence-corrected chi connectivity index (χ2v) is 6.10. The standard InChI is InChI=1S/C20H22FNO4/c1-13-5-6-15(14(2)9-13)11-22(3)19(23)12-26-20(24)17-8-7-16(25-4)10-18(17)21/h5-10H,11-12H2,1-4H3. The maximum atomic E-state index is 13.9. The molecular formula is C20H22FNO4. The van der Waals surface area contributed by atoms with Crippen LogP contribution >= 0.6 is 0 Å². The second kappa shape index (κ2) is 8.47. The molecule has 0 fully saturated rings. The quantitative estimate of drug-likeness (QED) is 0.743. The van der Waals surface area contributed by atoms with Gasteiger partial charge in [-0.25, -0.2) is 9.18 Å². The number of benzene rings is 2. The molecule has 26 heavy (non-hydrogen) atoms. The minimum Gasteiger partial charge on any atom is -0.497 e. The Kier molecular flexibility index (Phi) is 6.33. The number of amides is 1. The molecule has 0 aliphatic carbocycles. The lowest BCUT2D eigenvalue weighted by Gasteiger charge is -2.18. The lowest BCUT2D eigenvalue weighted by atomic mass is 10.1. The number of likely N-dealkylation sites (N-methyl/N-ethyl adjacent to an activating group) is 1. The molecule has 1 amide bonds. The Hall–Kier alpha value is -2.89. The number of hydrogen-bond acceptors (Lipinski definition) is 4. The van der Waals surface area contributed by atoms with Gasteiger partial charge in [-0.2, -0.15) is 0 Å². The smallest absolute Gasteiger partial charge is 0.341 e. The number of aryl methyl sites for hydroxylation is 2. The van der Waals surface area contributed by atoms with Gasteiger partial charge in [0.1, 0.15) is 11.6 Å². The second-order valence-electron chi connectivity index (χ2n) is 6.10. The molecule has 0 bridgehead atoms. The lowest BCUT2D eigenvalue weighted by Crippen LogP contribution is -2.31. The van der Waals surface area contributed by atoms with Gasteiger partial charge in [0.25, 0.3) is 5.91 Å². The number of methoxy groups -OCH3 is 1. The van der Waals surface area contributed by atoms with Crippen molar-refractivity contribution in [1.82, 2.24) is 4.90 Å². The van der Waals surface area contributed by atoms with Crippen LogP contribution in [0.25, 0.3) is 0 Å². The topological polar surface area (TPSA) is 55.8 Å². The molecule has 0 N–H and O–H groups in total. The highest BCUT2D eigenvalue weighted by atomic mass is 19.1. The first kappa shape index (κ1) is 19.4. The number of carbonyl (C=O) groups is 2. The van der Waals surface area contributed by atoms with Crippen LogP contribution in [-0.4, -0.2) is 37.5 Å². The lowest BCUT2D eigenvalue weighted by molar-refractivity contribution is -0.133. The Morgan fingerprint density at radius 2 is 1.85 bits per heavy atom. The van der Waals surface area contributed by atoms with Crippen LogP contribution < -0.4 is 4.74 Å². The average molecular weight is 359 g/mol. The first-order chi connectivity index (χ1) is 12.3. The summed E-state index contributed by atoms with van der Waals surface area (Å²) in [6.45, 7) is 3.93. The van der Waals surface area contributed by atoms with Gasteiger partial charge in [0, 0.05) is 19.7 Å². The van der Waals surface area contributed by atoms with Gasteiger partial charge in [-0.1, -0.05) is 23.8 Å². The van der Waals surface area contributed by atoms with E-state index in [4.69, 9.17) is 9.47 Å². The fraction of sp³-hybridized carbons (Fsp3) is 0.300. The van der Waals surface area contributed by atoms with E-state index in [0.29, 0.717) is 12.3 Å². The van der Waals surface area contributed by atoms with Crippen molar-refractivity contribution in [2.45, 2.75) is 20.4 Å². The van der Waals surface area contributed by atoms with Gasteiger partial charge in [-0.15, -0.1) is 0 Å². The number of halogens is 1. The largest absolute Gasteiger partial charge is 0.497 e. The van der Waals surface area contributed by atoms with E-state index in [0.717, 1.165) is 22.8 Å². The Morgan fingerprint density at radius 3 is 2.46 bits per heavy atom. The van der Waals surface area contributed by atoms with Crippen LogP contribution in [0.5, 0.6) is 5.75 Å². The van der Waals surface area contributed by atoms with Crippen molar-refractivity contribution in [3.8, 4) is 5.75 Å². The van der Waals surface area contributed by atoms with Crippen molar-refractivity contribution in [2.75, 3.05) is 20.8 Å². The molecule has 138 valence electrons. The zero-order valence-corrected chi connectivity index (χ0v) is 15.3. The molecule has 0 aromatic heterocycles. The van der Waals surface area contributed by atoms with E-state index < -0.39 is 18.4 Å². The summed E-state index contributed by atoms with van der Waals surface area (Å²) in [5.41, 5.74) is 3.01. The summed E-state index contributed by atoms with van der Waals surface area (Å²) in [6, 6.07) is 9.79. The zero-order valence-electron chi connectivity index (χ0n) is 15.3. The molecule has 0 spiro atoms. The molecule has 0 saturated heterocycles. The van der Waals surface area contributed by atoms with E-state index in [9.17, 15) is 14.0 Å². The maximum absolute atomic E-state index is 13.9. The highest BCUT2D eigenvalue weighted by Gasteiger charge is 2.17. The minimum absolute atomic E-state index is 0.240. The zero-order chi connectivity index (χ0) is 19.3. The predicted octanol–water partition coefficient (Wildman–Crippen LogP) is 3.27. The SMILES string of the molecule is COc1ccc(C(=O)OCC(=O)N(C)Cc2ccc(C)cc2C)c(F)c1. The predicted molar refractivity (Wildman–Crippen MR) is 95.6 cm³/mol. The van der Waals surface area contributed by atoms with Crippen LogP contribution in [-0.2, 0) is 16.1 Å². The van der Waals surface area contributed by atoms with Crippen LogP contribution in [0.4, 0.5) is 4.39 Å². The number of ether oxygens (including phenoxy) is 2. The Morgan fingerprint density at radius 1 is 1.12 bits per heavy atom. The van der Waals surface area contributed by atoms with Crippen LogP contribution in [0, 0.1) is 19.7 Å². The van der Waals surface area contributed by atoms with E-state index in [-0.39, 0.29) is 11.5 Å². The highest BCUT2D eigenvalue weighted by molar-refractivity contribution is 5.91. The highest BCUT2D eigenvalue weighted by Crippen LogP contribution is 2.17. The van der Waals surface area contributed by atoms with Crippen molar-refractivity contribution in [3.05, 3.63) is 64.5 Å². The summed E-state index contributed by atoms with van der Waals surface area (Å²) in [5.74, 6) is -1.72. The fourth-order valence-electron chi connectivity index (χ4n) is 2.47. The Bertz CT molecular complexity index is 819. The molecule has 0 unspecified atom stereocenters. The van der Waals surface area contributed by atoms with E-state index in [2.05, 4.69) is 0 Å². The van der Waals surface area contributed by atoms with Crippen molar-refractivity contribution in [2.24, 2.45) is 0 Å². The third-order valence-electron chi connectivity index (χ3n) is 4.05. The fourth-order valence-corrected chi connectivity index (χ4v) is 2.47. The third-order valence-corrected chi connectivity index (χ3v) is 4.05. The molecule has 0 radical (unpaired) electrons. The number of nitrogens with zero attached hydrogens (tertiary/aromatic N) is 1. The summed E-state index contributed by atoms with van der Waals surface area (Å²) in [4.78, 5) is 25.6. The van der Waals surface area contributed by atoms with E-state index in [1.165, 1.54) is 24.1 Å².